The molecule has 19 heavy (non-hydrogen) atoms. The first kappa shape index (κ1) is 13.9. The normalized spacial score (nSPS) is 10.9. The maximum absolute atomic E-state index is 12.0. The summed E-state index contributed by atoms with van der Waals surface area (Å²) < 4.78 is 1.93. The zero-order valence-corrected chi connectivity index (χ0v) is 12.3. The second-order valence-electron chi connectivity index (χ2n) is 4.15. The van der Waals surface area contributed by atoms with Gasteiger partial charge in [-0.05, 0) is 26.0 Å². The van der Waals surface area contributed by atoms with Crippen LogP contribution in [0.25, 0.3) is 11.2 Å². The van der Waals surface area contributed by atoms with Crippen molar-refractivity contribution in [1.29, 1.82) is 0 Å². The molecule has 6 heteroatoms. The fourth-order valence-electron chi connectivity index (χ4n) is 1.93. The zero-order valence-electron chi connectivity index (χ0n) is 11.5. The predicted octanol–water partition coefficient (Wildman–Crippen LogP) is 1.93. The van der Waals surface area contributed by atoms with Crippen molar-refractivity contribution >= 4 is 28.8 Å². The quantitative estimate of drug-likeness (QED) is 0.784. The molecule has 0 bridgehead atoms. The number of hydrogen-bond donors (Lipinski definition) is 0. The number of rotatable bonds is 5. The number of pyridine rings is 1. The van der Waals surface area contributed by atoms with E-state index in [2.05, 4.69) is 9.97 Å². The molecule has 2 heterocycles. The molecule has 0 radical (unpaired) electrons. The van der Waals surface area contributed by atoms with Gasteiger partial charge in [-0.3, -0.25) is 4.79 Å². The molecule has 0 saturated heterocycles. The highest BCUT2D eigenvalue weighted by Crippen LogP contribution is 2.21. The number of aromatic nitrogens is 3. The van der Waals surface area contributed by atoms with E-state index in [1.165, 1.54) is 11.8 Å². The molecular weight excluding hydrogens is 260 g/mol. The Balaban J connectivity index is 2.10. The molecule has 0 atom stereocenters. The monoisotopic (exact) mass is 278 g/mol. The standard InChI is InChI=1S/C13H18N4OS/c1-4-17(5-2)11(18)9-19-13-15-10-7-6-8-14-12(10)16(13)3/h6-8H,4-5,9H2,1-3H3. The van der Waals surface area contributed by atoms with Gasteiger partial charge in [-0.25, -0.2) is 9.97 Å². The Kier molecular flexibility index (Phi) is 4.42. The Morgan fingerprint density at radius 3 is 2.79 bits per heavy atom. The van der Waals surface area contributed by atoms with E-state index in [0.29, 0.717) is 5.75 Å². The van der Waals surface area contributed by atoms with E-state index in [4.69, 9.17) is 0 Å². The Morgan fingerprint density at radius 2 is 2.16 bits per heavy atom. The Morgan fingerprint density at radius 1 is 1.42 bits per heavy atom. The largest absolute Gasteiger partial charge is 0.343 e. The molecule has 2 aromatic heterocycles. The van der Waals surface area contributed by atoms with E-state index in [0.717, 1.165) is 29.4 Å². The molecule has 0 aromatic carbocycles. The molecule has 0 N–H and O–H groups in total. The number of hydrogen-bond acceptors (Lipinski definition) is 4. The summed E-state index contributed by atoms with van der Waals surface area (Å²) in [5.74, 6) is 0.564. The lowest BCUT2D eigenvalue weighted by atomic mass is 10.4. The van der Waals surface area contributed by atoms with E-state index in [-0.39, 0.29) is 5.91 Å². The summed E-state index contributed by atoms with van der Waals surface area (Å²) in [5.41, 5.74) is 1.71. The summed E-state index contributed by atoms with van der Waals surface area (Å²) in [6, 6.07) is 3.80. The van der Waals surface area contributed by atoms with E-state index in [1.807, 2.05) is 42.5 Å². The second-order valence-corrected chi connectivity index (χ2v) is 5.10. The molecule has 0 aliphatic heterocycles. The van der Waals surface area contributed by atoms with Crippen LogP contribution in [-0.2, 0) is 11.8 Å². The Labute approximate surface area is 117 Å². The number of aryl methyl sites for hydroxylation is 1. The molecule has 0 saturated carbocycles. The van der Waals surface area contributed by atoms with Crippen molar-refractivity contribution in [1.82, 2.24) is 19.4 Å². The summed E-state index contributed by atoms with van der Waals surface area (Å²) in [7, 11) is 1.92. The smallest absolute Gasteiger partial charge is 0.233 e. The van der Waals surface area contributed by atoms with Gasteiger partial charge in [0.2, 0.25) is 5.91 Å². The van der Waals surface area contributed by atoms with Gasteiger partial charge in [0.05, 0.1) is 5.75 Å². The van der Waals surface area contributed by atoms with Gasteiger partial charge in [-0.15, -0.1) is 0 Å². The lowest BCUT2D eigenvalue weighted by molar-refractivity contribution is -0.127. The van der Waals surface area contributed by atoms with Crippen LogP contribution in [0.15, 0.2) is 23.5 Å². The van der Waals surface area contributed by atoms with Crippen LogP contribution in [0.2, 0.25) is 0 Å². The van der Waals surface area contributed by atoms with Gasteiger partial charge in [0.1, 0.15) is 5.52 Å². The highest BCUT2D eigenvalue weighted by molar-refractivity contribution is 7.99. The van der Waals surface area contributed by atoms with Crippen molar-refractivity contribution in [3.05, 3.63) is 18.3 Å². The van der Waals surface area contributed by atoms with Crippen LogP contribution in [0.4, 0.5) is 0 Å². The van der Waals surface area contributed by atoms with Crippen LogP contribution in [0.1, 0.15) is 13.8 Å². The fraction of sp³-hybridized carbons (Fsp3) is 0.462. The first-order valence-electron chi connectivity index (χ1n) is 6.35. The lowest BCUT2D eigenvalue weighted by Crippen LogP contribution is -2.31. The number of imidazole rings is 1. The number of amides is 1. The number of thioether (sulfide) groups is 1. The van der Waals surface area contributed by atoms with Crippen molar-refractivity contribution in [2.24, 2.45) is 7.05 Å². The predicted molar refractivity (Wildman–Crippen MR) is 77.2 cm³/mol. The van der Waals surface area contributed by atoms with Crippen LogP contribution >= 0.6 is 11.8 Å². The fourth-order valence-corrected chi connectivity index (χ4v) is 2.80. The molecule has 0 aliphatic rings. The van der Waals surface area contributed by atoms with Crippen molar-refractivity contribution in [3.63, 3.8) is 0 Å². The molecule has 0 fully saturated rings. The first-order chi connectivity index (χ1) is 9.17. The van der Waals surface area contributed by atoms with Gasteiger partial charge in [-0.2, -0.15) is 0 Å². The maximum atomic E-state index is 12.0. The third kappa shape index (κ3) is 2.89. The summed E-state index contributed by atoms with van der Waals surface area (Å²) in [6.45, 7) is 5.48. The number of carbonyl (C=O) groups is 1. The number of fused-ring (bicyclic) bond motifs is 1. The molecular formula is C13H18N4OS. The lowest BCUT2D eigenvalue weighted by Gasteiger charge is -2.17. The summed E-state index contributed by atoms with van der Waals surface area (Å²) in [4.78, 5) is 22.6. The minimum Gasteiger partial charge on any atom is -0.343 e. The van der Waals surface area contributed by atoms with E-state index >= 15 is 0 Å². The summed E-state index contributed by atoms with van der Waals surface area (Å²) in [5, 5.41) is 0.828. The second kappa shape index (κ2) is 6.06. The van der Waals surface area contributed by atoms with E-state index in [9.17, 15) is 4.79 Å². The molecule has 102 valence electrons. The third-order valence-corrected chi connectivity index (χ3v) is 4.04. The minimum atomic E-state index is 0.148. The third-order valence-electron chi connectivity index (χ3n) is 3.03. The summed E-state index contributed by atoms with van der Waals surface area (Å²) >= 11 is 1.46. The molecule has 5 nitrogen and oxygen atoms in total. The van der Waals surface area contributed by atoms with Gasteiger partial charge >= 0.3 is 0 Å². The van der Waals surface area contributed by atoms with Crippen molar-refractivity contribution < 1.29 is 4.79 Å². The molecule has 0 unspecified atom stereocenters. The summed E-state index contributed by atoms with van der Waals surface area (Å²) in [6.07, 6.45) is 1.75. The average Bonchev–Trinajstić information content (AvgIpc) is 2.75. The topological polar surface area (TPSA) is 51.0 Å². The maximum Gasteiger partial charge on any atom is 0.233 e. The van der Waals surface area contributed by atoms with Gasteiger partial charge in [-0.1, -0.05) is 11.8 Å². The number of nitrogens with zero attached hydrogens (tertiary/aromatic N) is 4. The Bertz CT molecular complexity index is 577. The van der Waals surface area contributed by atoms with Gasteiger partial charge in [0.15, 0.2) is 10.8 Å². The van der Waals surface area contributed by atoms with Crippen LogP contribution in [0.5, 0.6) is 0 Å². The van der Waals surface area contributed by atoms with Gasteiger partial charge in [0, 0.05) is 26.3 Å². The molecule has 0 spiro atoms. The highest BCUT2D eigenvalue weighted by Gasteiger charge is 2.13. The van der Waals surface area contributed by atoms with Crippen molar-refractivity contribution in [2.45, 2.75) is 19.0 Å². The molecule has 0 aliphatic carbocycles. The average molecular weight is 278 g/mol. The van der Waals surface area contributed by atoms with E-state index in [1.54, 1.807) is 6.20 Å². The molecule has 2 aromatic rings. The molecule has 1 amide bonds. The highest BCUT2D eigenvalue weighted by atomic mass is 32.2. The zero-order chi connectivity index (χ0) is 13.8. The van der Waals surface area contributed by atoms with Crippen LogP contribution in [-0.4, -0.2) is 44.2 Å². The minimum absolute atomic E-state index is 0.148. The SMILES string of the molecule is CCN(CC)C(=O)CSc1nc2cccnc2n1C. The van der Waals surface area contributed by atoms with Crippen molar-refractivity contribution in [3.8, 4) is 0 Å². The number of carbonyl (C=O) groups excluding carboxylic acids is 1. The Hall–Kier alpha value is -1.56. The van der Waals surface area contributed by atoms with Crippen LogP contribution in [0.3, 0.4) is 0 Å². The van der Waals surface area contributed by atoms with Crippen LogP contribution in [0, 0.1) is 0 Å². The molecule has 2 rings (SSSR count). The van der Waals surface area contributed by atoms with E-state index < -0.39 is 0 Å². The van der Waals surface area contributed by atoms with Crippen LogP contribution < -0.4 is 0 Å². The van der Waals surface area contributed by atoms with Gasteiger partial charge < -0.3 is 9.47 Å². The van der Waals surface area contributed by atoms with Gasteiger partial charge in [0.25, 0.3) is 0 Å². The first-order valence-corrected chi connectivity index (χ1v) is 7.34. The van der Waals surface area contributed by atoms with Crippen molar-refractivity contribution in [2.75, 3.05) is 18.8 Å².